The maximum absolute atomic E-state index is 12.6. The zero-order valence-electron chi connectivity index (χ0n) is 16.7. The number of benzene rings is 1. The Morgan fingerprint density at radius 3 is 2.86 bits per heavy atom. The SMILES string of the molecule is COCCN(C)c1cnn([C@@H]2CCCN(C[C@@H](O)c3ccccc3)C2)c(=O)c1. The highest BCUT2D eigenvalue weighted by molar-refractivity contribution is 5.41. The second-order valence-corrected chi connectivity index (χ2v) is 7.39. The van der Waals surface area contributed by atoms with E-state index in [1.807, 2.05) is 42.3 Å². The topological polar surface area (TPSA) is 70.8 Å². The Morgan fingerprint density at radius 1 is 1.36 bits per heavy atom. The summed E-state index contributed by atoms with van der Waals surface area (Å²) >= 11 is 0. The Morgan fingerprint density at radius 2 is 2.14 bits per heavy atom. The van der Waals surface area contributed by atoms with Gasteiger partial charge >= 0.3 is 0 Å². The number of aliphatic hydroxyl groups is 1. The molecule has 0 unspecified atom stereocenters. The minimum Gasteiger partial charge on any atom is -0.387 e. The van der Waals surface area contributed by atoms with Crippen LogP contribution in [-0.2, 0) is 4.74 Å². The van der Waals surface area contributed by atoms with E-state index in [2.05, 4.69) is 10.00 Å². The van der Waals surface area contributed by atoms with Gasteiger partial charge in [0.15, 0.2) is 0 Å². The van der Waals surface area contributed by atoms with Crippen molar-refractivity contribution in [2.75, 3.05) is 51.8 Å². The molecule has 0 aliphatic carbocycles. The van der Waals surface area contributed by atoms with Crippen LogP contribution in [-0.4, -0.2) is 66.7 Å². The fraction of sp³-hybridized carbons (Fsp3) is 0.524. The number of aromatic nitrogens is 2. The van der Waals surface area contributed by atoms with E-state index in [1.165, 1.54) is 0 Å². The summed E-state index contributed by atoms with van der Waals surface area (Å²) in [6, 6.07) is 11.4. The van der Waals surface area contributed by atoms with E-state index in [0.717, 1.165) is 37.2 Å². The molecule has 1 aliphatic rings. The van der Waals surface area contributed by atoms with Crippen molar-refractivity contribution in [3.05, 3.63) is 58.5 Å². The normalized spacial score (nSPS) is 18.8. The summed E-state index contributed by atoms with van der Waals surface area (Å²) in [4.78, 5) is 16.8. The highest BCUT2D eigenvalue weighted by Gasteiger charge is 2.25. The second kappa shape index (κ2) is 9.82. The van der Waals surface area contributed by atoms with Crippen molar-refractivity contribution in [2.45, 2.75) is 25.0 Å². The number of hydrogen-bond acceptors (Lipinski definition) is 6. The largest absolute Gasteiger partial charge is 0.387 e. The third-order valence-corrected chi connectivity index (χ3v) is 5.33. The number of methoxy groups -OCH3 is 1. The molecule has 0 spiro atoms. The van der Waals surface area contributed by atoms with Gasteiger partial charge < -0.3 is 14.7 Å². The Hall–Kier alpha value is -2.22. The first-order chi connectivity index (χ1) is 13.6. The lowest BCUT2D eigenvalue weighted by Crippen LogP contribution is -2.42. The van der Waals surface area contributed by atoms with E-state index in [-0.39, 0.29) is 11.6 Å². The van der Waals surface area contributed by atoms with Gasteiger partial charge in [0.2, 0.25) is 0 Å². The van der Waals surface area contributed by atoms with Crippen molar-refractivity contribution in [2.24, 2.45) is 0 Å². The van der Waals surface area contributed by atoms with Crippen molar-refractivity contribution in [3.63, 3.8) is 0 Å². The maximum Gasteiger partial charge on any atom is 0.269 e. The summed E-state index contributed by atoms with van der Waals surface area (Å²) in [5.41, 5.74) is 1.63. The number of hydrogen-bond donors (Lipinski definition) is 1. The summed E-state index contributed by atoms with van der Waals surface area (Å²) < 4.78 is 6.68. The van der Waals surface area contributed by atoms with E-state index in [4.69, 9.17) is 4.74 Å². The van der Waals surface area contributed by atoms with Crippen LogP contribution in [0.15, 0.2) is 47.4 Å². The number of rotatable bonds is 8. The third kappa shape index (κ3) is 5.19. The van der Waals surface area contributed by atoms with Crippen LogP contribution in [0.1, 0.15) is 30.6 Å². The number of anilines is 1. The van der Waals surface area contributed by atoms with Crippen LogP contribution in [0.25, 0.3) is 0 Å². The second-order valence-electron chi connectivity index (χ2n) is 7.39. The molecular formula is C21H30N4O3. The Labute approximate surface area is 166 Å². The van der Waals surface area contributed by atoms with Crippen LogP contribution >= 0.6 is 0 Å². The molecule has 1 saturated heterocycles. The van der Waals surface area contributed by atoms with Crippen LogP contribution in [0, 0.1) is 0 Å². The molecule has 0 saturated carbocycles. The molecule has 7 nitrogen and oxygen atoms in total. The van der Waals surface area contributed by atoms with Crippen LogP contribution in [0.4, 0.5) is 5.69 Å². The Balaban J connectivity index is 1.64. The van der Waals surface area contributed by atoms with Crippen molar-refractivity contribution >= 4 is 5.69 Å². The summed E-state index contributed by atoms with van der Waals surface area (Å²) in [6.07, 6.45) is 3.12. The number of likely N-dealkylation sites (tertiary alicyclic amines) is 1. The molecule has 1 N–H and O–H groups in total. The van der Waals surface area contributed by atoms with E-state index >= 15 is 0 Å². The minimum absolute atomic E-state index is 0.0301. The molecule has 2 aromatic rings. The highest BCUT2D eigenvalue weighted by atomic mass is 16.5. The molecule has 1 aliphatic heterocycles. The average molecular weight is 386 g/mol. The number of piperidine rings is 1. The molecule has 7 heteroatoms. The zero-order chi connectivity index (χ0) is 19.9. The quantitative estimate of drug-likeness (QED) is 0.745. The van der Waals surface area contributed by atoms with Gasteiger partial charge in [-0.2, -0.15) is 5.10 Å². The standard InChI is InChI=1S/C21H30N4O3/c1-23(11-12-28-2)19-13-21(27)25(22-14-19)18-9-6-10-24(15-18)16-20(26)17-7-4-3-5-8-17/h3-5,7-8,13-14,18,20,26H,6,9-12,15-16H2,1-2H3/t18-,20-/m1/s1. The molecule has 1 fully saturated rings. The number of aliphatic hydroxyl groups excluding tert-OH is 1. The van der Waals surface area contributed by atoms with E-state index in [1.54, 1.807) is 24.1 Å². The summed E-state index contributed by atoms with van der Waals surface area (Å²) in [5.74, 6) is 0. The Kier molecular flexibility index (Phi) is 7.19. The van der Waals surface area contributed by atoms with Crippen molar-refractivity contribution in [3.8, 4) is 0 Å². The fourth-order valence-electron chi connectivity index (χ4n) is 3.67. The van der Waals surface area contributed by atoms with Gasteiger partial charge in [0.05, 0.1) is 30.6 Å². The van der Waals surface area contributed by atoms with Gasteiger partial charge in [0.25, 0.3) is 5.56 Å². The Bertz CT molecular complexity index is 796. The molecule has 152 valence electrons. The van der Waals surface area contributed by atoms with Crippen molar-refractivity contribution in [1.82, 2.24) is 14.7 Å². The lowest BCUT2D eigenvalue weighted by atomic mass is 10.0. The van der Waals surface area contributed by atoms with Gasteiger partial charge in [-0.15, -0.1) is 0 Å². The molecule has 3 rings (SSSR count). The monoisotopic (exact) mass is 386 g/mol. The van der Waals surface area contributed by atoms with Gasteiger partial charge in [0, 0.05) is 39.9 Å². The zero-order valence-corrected chi connectivity index (χ0v) is 16.7. The van der Waals surface area contributed by atoms with Gasteiger partial charge in [-0.3, -0.25) is 9.69 Å². The molecule has 1 aromatic carbocycles. The predicted molar refractivity (Wildman–Crippen MR) is 110 cm³/mol. The minimum atomic E-state index is -0.526. The number of ether oxygens (including phenoxy) is 1. The number of likely N-dealkylation sites (N-methyl/N-ethyl adjacent to an activating group) is 1. The van der Waals surface area contributed by atoms with Gasteiger partial charge in [0.1, 0.15) is 0 Å². The molecule has 2 heterocycles. The first-order valence-electron chi connectivity index (χ1n) is 9.83. The first-order valence-corrected chi connectivity index (χ1v) is 9.83. The van der Waals surface area contributed by atoms with Gasteiger partial charge in [-0.05, 0) is 24.9 Å². The lowest BCUT2D eigenvalue weighted by Gasteiger charge is -2.34. The van der Waals surface area contributed by atoms with Crippen LogP contribution < -0.4 is 10.5 Å². The predicted octanol–water partition coefficient (Wildman–Crippen LogP) is 1.70. The lowest BCUT2D eigenvalue weighted by molar-refractivity contribution is 0.0830. The highest BCUT2D eigenvalue weighted by Crippen LogP contribution is 2.22. The van der Waals surface area contributed by atoms with E-state index in [9.17, 15) is 9.90 Å². The van der Waals surface area contributed by atoms with Crippen LogP contribution in [0.2, 0.25) is 0 Å². The maximum atomic E-state index is 12.6. The van der Waals surface area contributed by atoms with Crippen LogP contribution in [0.5, 0.6) is 0 Å². The van der Waals surface area contributed by atoms with Gasteiger partial charge in [-0.25, -0.2) is 4.68 Å². The van der Waals surface area contributed by atoms with Crippen LogP contribution in [0.3, 0.4) is 0 Å². The molecule has 28 heavy (non-hydrogen) atoms. The summed E-state index contributed by atoms with van der Waals surface area (Å²) in [7, 11) is 3.58. The third-order valence-electron chi connectivity index (χ3n) is 5.33. The van der Waals surface area contributed by atoms with E-state index in [0.29, 0.717) is 19.7 Å². The summed E-state index contributed by atoms with van der Waals surface area (Å²) in [5, 5.41) is 14.9. The molecule has 1 aromatic heterocycles. The molecule has 0 bridgehead atoms. The molecule has 2 atom stereocenters. The fourth-order valence-corrected chi connectivity index (χ4v) is 3.67. The summed E-state index contributed by atoms with van der Waals surface area (Å²) in [6.45, 7) is 3.51. The van der Waals surface area contributed by atoms with Gasteiger partial charge in [-0.1, -0.05) is 30.3 Å². The number of nitrogens with zero attached hydrogens (tertiary/aromatic N) is 4. The molecular weight excluding hydrogens is 356 g/mol. The van der Waals surface area contributed by atoms with E-state index < -0.39 is 6.10 Å². The number of β-amino-alcohol motifs (C(OH)–C–C–N with tert-alkyl or cyclic N) is 1. The first kappa shape index (κ1) is 20.5. The molecule has 0 radical (unpaired) electrons. The molecule has 0 amide bonds. The van der Waals surface area contributed by atoms with Crippen molar-refractivity contribution in [1.29, 1.82) is 0 Å². The smallest absolute Gasteiger partial charge is 0.269 e. The van der Waals surface area contributed by atoms with Crippen molar-refractivity contribution < 1.29 is 9.84 Å². The average Bonchev–Trinajstić information content (AvgIpc) is 2.72.